The minimum atomic E-state index is -1.17. The first-order valence-electron chi connectivity index (χ1n) is 9.54. The largest absolute Gasteiger partial charge is 0.491 e. The number of primary amides is 1. The van der Waals surface area contributed by atoms with Gasteiger partial charge in [0.1, 0.15) is 30.1 Å². The number of ether oxygens (including phenoxy) is 2. The number of methoxy groups -OCH3 is 1. The number of aliphatic imine (C=N–C) groups is 1. The molecule has 1 aliphatic rings. The van der Waals surface area contributed by atoms with E-state index in [0.29, 0.717) is 31.2 Å². The summed E-state index contributed by atoms with van der Waals surface area (Å²) < 4.78 is 10.6. The molecular weight excluding hydrogens is 410 g/mol. The first-order chi connectivity index (χ1) is 14.3. The number of guanidine groups is 1. The van der Waals surface area contributed by atoms with Gasteiger partial charge in [-0.15, -0.1) is 0 Å². The van der Waals surface area contributed by atoms with Crippen molar-refractivity contribution >= 4 is 40.7 Å². The summed E-state index contributed by atoms with van der Waals surface area (Å²) in [6, 6.07) is 7.21. The van der Waals surface area contributed by atoms with Crippen LogP contribution in [-0.4, -0.2) is 66.8 Å². The Kier molecular flexibility index (Phi) is 8.58. The van der Waals surface area contributed by atoms with Crippen LogP contribution in [0.15, 0.2) is 29.3 Å². The van der Waals surface area contributed by atoms with Crippen LogP contribution in [0.3, 0.4) is 0 Å². The molecule has 0 spiro atoms. The number of halogens is 1. The van der Waals surface area contributed by atoms with Crippen molar-refractivity contribution in [3.63, 3.8) is 0 Å². The average Bonchev–Trinajstić information content (AvgIpc) is 2.72. The lowest BCUT2D eigenvalue weighted by Crippen LogP contribution is -2.64. The Morgan fingerprint density at radius 3 is 2.57 bits per heavy atom. The SMILES string of the molecule is CCCCN(C(=N)N1C(=N)C(Cl)N=C(C(N)=O)C1N)c1ccc(OCCOC)cc1. The number of nitrogens with zero attached hydrogens (tertiary/aromatic N) is 3. The molecule has 11 heteroatoms. The van der Waals surface area contributed by atoms with Crippen molar-refractivity contribution in [2.75, 3.05) is 31.8 Å². The van der Waals surface area contributed by atoms with Gasteiger partial charge < -0.3 is 25.8 Å². The van der Waals surface area contributed by atoms with E-state index in [4.69, 9.17) is 43.4 Å². The second kappa shape index (κ2) is 10.9. The number of hydrogen-bond acceptors (Lipinski definition) is 7. The smallest absolute Gasteiger partial charge is 0.266 e. The minimum absolute atomic E-state index is 0.0895. The van der Waals surface area contributed by atoms with Crippen LogP contribution in [0.2, 0.25) is 0 Å². The van der Waals surface area contributed by atoms with Gasteiger partial charge in [0.2, 0.25) is 5.96 Å². The van der Waals surface area contributed by atoms with Crippen LogP contribution < -0.4 is 21.1 Å². The van der Waals surface area contributed by atoms with Crippen LogP contribution in [0.1, 0.15) is 19.8 Å². The van der Waals surface area contributed by atoms with Gasteiger partial charge in [-0.05, 0) is 30.7 Å². The van der Waals surface area contributed by atoms with E-state index in [2.05, 4.69) is 4.99 Å². The van der Waals surface area contributed by atoms with Crippen molar-refractivity contribution in [1.29, 1.82) is 10.8 Å². The molecule has 30 heavy (non-hydrogen) atoms. The van der Waals surface area contributed by atoms with E-state index in [-0.39, 0.29) is 17.5 Å². The summed E-state index contributed by atoms with van der Waals surface area (Å²) in [5.74, 6) is -0.450. The number of nitrogens with two attached hydrogens (primary N) is 2. The van der Waals surface area contributed by atoms with Crippen molar-refractivity contribution in [3.05, 3.63) is 24.3 Å². The van der Waals surface area contributed by atoms with Crippen LogP contribution >= 0.6 is 11.6 Å². The Morgan fingerprint density at radius 1 is 1.33 bits per heavy atom. The molecule has 2 unspecified atom stereocenters. The molecule has 0 fully saturated rings. The zero-order valence-corrected chi connectivity index (χ0v) is 17.9. The molecule has 1 aromatic rings. The summed E-state index contributed by atoms with van der Waals surface area (Å²) in [5, 5.41) is 17.0. The third-order valence-electron chi connectivity index (χ3n) is 4.47. The molecule has 0 aromatic heterocycles. The lowest BCUT2D eigenvalue weighted by atomic mass is 10.2. The van der Waals surface area contributed by atoms with Gasteiger partial charge in [-0.2, -0.15) is 0 Å². The number of carbonyl (C=O) groups is 1. The minimum Gasteiger partial charge on any atom is -0.491 e. The fourth-order valence-electron chi connectivity index (χ4n) is 2.87. The standard InChI is InChI=1S/C19H28ClN7O3/c1-3-4-9-26(12-5-7-13(8-6-12)30-11-10-29-2)19(24)27-16(21)14(18(23)28)25-15(20)17(27)22/h5-8,15-16,22,24H,3-4,9-11,21H2,1-2H3,(H2,23,28). The van der Waals surface area contributed by atoms with Crippen molar-refractivity contribution in [1.82, 2.24) is 4.90 Å². The van der Waals surface area contributed by atoms with Crippen LogP contribution in [0.25, 0.3) is 0 Å². The van der Waals surface area contributed by atoms with Crippen molar-refractivity contribution < 1.29 is 14.3 Å². The molecule has 0 bridgehead atoms. The zero-order chi connectivity index (χ0) is 22.3. The van der Waals surface area contributed by atoms with E-state index in [1.807, 2.05) is 19.1 Å². The number of hydrogen-bond donors (Lipinski definition) is 4. The average molecular weight is 438 g/mol. The molecule has 6 N–H and O–H groups in total. The number of carbonyl (C=O) groups excluding carboxylic acids is 1. The first kappa shape index (κ1) is 23.6. The maximum Gasteiger partial charge on any atom is 0.266 e. The van der Waals surface area contributed by atoms with Gasteiger partial charge in [0.25, 0.3) is 5.91 Å². The number of amidine groups is 1. The first-order valence-corrected chi connectivity index (χ1v) is 9.98. The third-order valence-corrected chi connectivity index (χ3v) is 4.78. The Bertz CT molecular complexity index is 800. The topological polar surface area (TPSA) is 154 Å². The molecular formula is C19H28ClN7O3. The summed E-state index contributed by atoms with van der Waals surface area (Å²) in [6.07, 6.45) is 0.530. The lowest BCUT2D eigenvalue weighted by molar-refractivity contribution is -0.112. The summed E-state index contributed by atoms with van der Waals surface area (Å²) >= 11 is 6.09. The number of unbranched alkanes of at least 4 members (excludes halogenated alkanes) is 1. The van der Waals surface area contributed by atoms with Gasteiger partial charge in [-0.3, -0.25) is 25.5 Å². The molecule has 1 heterocycles. The quantitative estimate of drug-likeness (QED) is 0.150. The highest BCUT2D eigenvalue weighted by molar-refractivity contribution is 6.45. The van der Waals surface area contributed by atoms with Crippen molar-refractivity contribution in [3.8, 4) is 5.75 Å². The maximum atomic E-state index is 11.7. The second-order valence-electron chi connectivity index (χ2n) is 6.58. The molecule has 0 radical (unpaired) electrons. The number of nitrogens with one attached hydrogen (secondary N) is 2. The molecule has 0 aliphatic carbocycles. The normalized spacial score (nSPS) is 18.7. The van der Waals surface area contributed by atoms with E-state index in [9.17, 15) is 4.79 Å². The molecule has 0 saturated heterocycles. The highest BCUT2D eigenvalue weighted by atomic mass is 35.5. The van der Waals surface area contributed by atoms with Gasteiger partial charge in [-0.25, -0.2) is 0 Å². The van der Waals surface area contributed by atoms with Crippen LogP contribution in [0.4, 0.5) is 5.69 Å². The summed E-state index contributed by atoms with van der Waals surface area (Å²) in [4.78, 5) is 18.5. The van der Waals surface area contributed by atoms with E-state index in [0.717, 1.165) is 12.8 Å². The molecule has 1 aliphatic heterocycles. The Morgan fingerprint density at radius 2 is 2.00 bits per heavy atom. The van der Waals surface area contributed by atoms with Crippen molar-refractivity contribution in [2.24, 2.45) is 16.5 Å². The van der Waals surface area contributed by atoms with Gasteiger partial charge in [-0.1, -0.05) is 24.9 Å². The number of rotatable bonds is 9. The van der Waals surface area contributed by atoms with E-state index in [1.165, 1.54) is 4.90 Å². The second-order valence-corrected chi connectivity index (χ2v) is 6.99. The molecule has 2 atom stereocenters. The number of benzene rings is 1. The fourth-order valence-corrected chi connectivity index (χ4v) is 3.08. The summed E-state index contributed by atoms with van der Waals surface area (Å²) in [7, 11) is 1.60. The molecule has 164 valence electrons. The number of anilines is 1. The molecule has 2 rings (SSSR count). The molecule has 1 aromatic carbocycles. The highest BCUT2D eigenvalue weighted by Gasteiger charge is 2.38. The fraction of sp³-hybridized carbons (Fsp3) is 0.474. The van der Waals surface area contributed by atoms with E-state index < -0.39 is 17.6 Å². The lowest BCUT2D eigenvalue weighted by Gasteiger charge is -2.39. The molecule has 10 nitrogen and oxygen atoms in total. The monoisotopic (exact) mass is 437 g/mol. The molecule has 0 saturated carbocycles. The van der Waals surface area contributed by atoms with Crippen LogP contribution in [-0.2, 0) is 9.53 Å². The van der Waals surface area contributed by atoms with Crippen molar-refractivity contribution in [2.45, 2.75) is 31.4 Å². The Labute approximate surface area is 180 Å². The van der Waals surface area contributed by atoms with Gasteiger partial charge >= 0.3 is 0 Å². The van der Waals surface area contributed by atoms with E-state index in [1.54, 1.807) is 24.1 Å². The zero-order valence-electron chi connectivity index (χ0n) is 17.1. The van der Waals surface area contributed by atoms with Gasteiger partial charge in [0, 0.05) is 19.3 Å². The number of amides is 1. The third kappa shape index (κ3) is 5.47. The highest BCUT2D eigenvalue weighted by Crippen LogP contribution is 2.24. The maximum absolute atomic E-state index is 11.7. The summed E-state index contributed by atoms with van der Waals surface area (Å²) in [5.41, 5.74) is 10.8. The number of alkyl halides is 1. The summed E-state index contributed by atoms with van der Waals surface area (Å²) in [6.45, 7) is 3.45. The Balaban J connectivity index is 2.29. The molecule has 1 amide bonds. The van der Waals surface area contributed by atoms with E-state index >= 15 is 0 Å². The van der Waals surface area contributed by atoms with Gasteiger partial charge in [0.15, 0.2) is 5.50 Å². The van der Waals surface area contributed by atoms with Gasteiger partial charge in [0.05, 0.1) is 6.61 Å². The Hall–Kier alpha value is -2.69. The van der Waals surface area contributed by atoms with Crippen LogP contribution in [0.5, 0.6) is 5.75 Å². The predicted molar refractivity (Wildman–Crippen MR) is 118 cm³/mol. The predicted octanol–water partition coefficient (Wildman–Crippen LogP) is 1.32. The van der Waals surface area contributed by atoms with Crippen LogP contribution in [0, 0.1) is 10.8 Å².